The Kier molecular flexibility index (Phi) is 4.85. The van der Waals surface area contributed by atoms with Crippen LogP contribution in [0.15, 0.2) is 52.9 Å². The van der Waals surface area contributed by atoms with Gasteiger partial charge in [-0.15, -0.1) is 11.3 Å². The fourth-order valence-corrected chi connectivity index (χ4v) is 4.15. The van der Waals surface area contributed by atoms with Gasteiger partial charge in [-0.2, -0.15) is 0 Å². The minimum absolute atomic E-state index is 0.0542. The van der Waals surface area contributed by atoms with Crippen LogP contribution in [0.1, 0.15) is 32.3 Å². The molecule has 4 aromatic rings. The normalized spacial score (nSPS) is 11.0. The van der Waals surface area contributed by atoms with E-state index < -0.39 is 4.92 Å². The zero-order valence-electron chi connectivity index (χ0n) is 15.8. The molecule has 0 saturated heterocycles. The number of para-hydroxylation sites is 1. The van der Waals surface area contributed by atoms with E-state index in [0.717, 1.165) is 27.1 Å². The van der Waals surface area contributed by atoms with Gasteiger partial charge in [0.05, 0.1) is 10.6 Å². The molecule has 7 nitrogen and oxygen atoms in total. The second kappa shape index (κ2) is 7.48. The van der Waals surface area contributed by atoms with E-state index in [0.29, 0.717) is 17.1 Å². The summed E-state index contributed by atoms with van der Waals surface area (Å²) in [6.07, 6.45) is 0.505. The van der Waals surface area contributed by atoms with Crippen molar-refractivity contribution in [1.82, 2.24) is 4.98 Å². The Morgan fingerprint density at radius 2 is 2.00 bits per heavy atom. The molecule has 0 radical (unpaired) electrons. The minimum atomic E-state index is -0.412. The van der Waals surface area contributed by atoms with Crippen LogP contribution in [0.3, 0.4) is 0 Å². The molecule has 4 rings (SSSR count). The molecule has 8 heteroatoms. The number of hydrogen-bond acceptors (Lipinski definition) is 6. The first-order chi connectivity index (χ1) is 13.9. The smallest absolute Gasteiger partial charge is 0.293 e. The third-order valence-corrected chi connectivity index (χ3v) is 5.72. The van der Waals surface area contributed by atoms with Crippen LogP contribution in [-0.4, -0.2) is 15.8 Å². The summed E-state index contributed by atoms with van der Waals surface area (Å²) in [5.41, 5.74) is 3.09. The highest BCUT2D eigenvalue weighted by Gasteiger charge is 2.19. The van der Waals surface area contributed by atoms with Crippen molar-refractivity contribution in [2.45, 2.75) is 20.3 Å². The van der Waals surface area contributed by atoms with Crippen molar-refractivity contribution >= 4 is 39.0 Å². The van der Waals surface area contributed by atoms with Crippen LogP contribution in [0.25, 0.3) is 11.0 Å². The number of amides is 1. The van der Waals surface area contributed by atoms with Crippen molar-refractivity contribution < 1.29 is 14.1 Å². The number of nitrogens with zero attached hydrogens (tertiary/aromatic N) is 2. The molecule has 0 atom stereocenters. The predicted molar refractivity (Wildman–Crippen MR) is 112 cm³/mol. The minimum Gasteiger partial charge on any atom is -0.451 e. The number of nitro groups is 1. The summed E-state index contributed by atoms with van der Waals surface area (Å²) in [5, 5.41) is 15.1. The maximum absolute atomic E-state index is 12.7. The number of nitro benzene ring substituents is 1. The van der Waals surface area contributed by atoms with Crippen molar-refractivity contribution in [2.24, 2.45) is 0 Å². The van der Waals surface area contributed by atoms with E-state index in [1.807, 2.05) is 44.2 Å². The molecule has 0 spiro atoms. The van der Waals surface area contributed by atoms with Gasteiger partial charge in [-0.3, -0.25) is 20.2 Å². The number of carbonyl (C=O) groups excluding carboxylic acids is 1. The Morgan fingerprint density at radius 3 is 2.76 bits per heavy atom. The second-order valence-corrected chi connectivity index (χ2v) is 7.72. The monoisotopic (exact) mass is 407 g/mol. The Hall–Kier alpha value is -3.52. The summed E-state index contributed by atoms with van der Waals surface area (Å²) < 4.78 is 5.70. The van der Waals surface area contributed by atoms with Gasteiger partial charge in [-0.05, 0) is 25.5 Å². The lowest BCUT2D eigenvalue weighted by Gasteiger charge is -2.00. The molecule has 0 fully saturated rings. The van der Waals surface area contributed by atoms with E-state index in [1.54, 1.807) is 12.1 Å². The first-order valence-electron chi connectivity index (χ1n) is 8.91. The van der Waals surface area contributed by atoms with E-state index in [-0.39, 0.29) is 17.4 Å². The molecule has 0 unspecified atom stereocenters. The Balaban J connectivity index is 1.54. The van der Waals surface area contributed by atoms with Crippen molar-refractivity contribution in [3.05, 3.63) is 86.1 Å². The van der Waals surface area contributed by atoms with Gasteiger partial charge in [0, 0.05) is 34.4 Å². The zero-order valence-corrected chi connectivity index (χ0v) is 16.6. The Labute approximate surface area is 170 Å². The Bertz CT molecular complexity index is 1240. The molecule has 0 bridgehead atoms. The maximum Gasteiger partial charge on any atom is 0.293 e. The highest BCUT2D eigenvalue weighted by atomic mass is 32.1. The van der Waals surface area contributed by atoms with Crippen LogP contribution in [0.4, 0.5) is 10.8 Å². The summed E-state index contributed by atoms with van der Waals surface area (Å²) in [5.74, 6) is -0.0892. The van der Waals surface area contributed by atoms with E-state index in [4.69, 9.17) is 4.42 Å². The number of carbonyl (C=O) groups is 1. The largest absolute Gasteiger partial charge is 0.451 e. The highest BCUT2D eigenvalue weighted by Crippen LogP contribution is 2.29. The van der Waals surface area contributed by atoms with E-state index in [1.165, 1.54) is 17.4 Å². The SMILES string of the molecule is Cc1nc(NC(=O)c2oc3ccccc3c2C)sc1Cc1cccc([N+](=O)[O-])c1. The summed E-state index contributed by atoms with van der Waals surface area (Å²) in [6, 6.07) is 14.0. The van der Waals surface area contributed by atoms with Gasteiger partial charge in [-0.1, -0.05) is 30.3 Å². The number of rotatable bonds is 5. The number of hydrogen-bond donors (Lipinski definition) is 1. The molecule has 0 aliphatic rings. The molecule has 1 amide bonds. The summed E-state index contributed by atoms with van der Waals surface area (Å²) in [7, 11) is 0. The number of aromatic nitrogens is 1. The molecule has 146 valence electrons. The Morgan fingerprint density at radius 1 is 1.21 bits per heavy atom. The fraction of sp³-hybridized carbons (Fsp3) is 0.143. The predicted octanol–water partition coefficient (Wildman–Crippen LogP) is 5.26. The van der Waals surface area contributed by atoms with Gasteiger partial charge in [0.15, 0.2) is 10.9 Å². The molecule has 2 aromatic heterocycles. The van der Waals surface area contributed by atoms with Crippen LogP contribution in [0.2, 0.25) is 0 Å². The number of furan rings is 1. The molecule has 1 N–H and O–H groups in total. The quantitative estimate of drug-likeness (QED) is 0.359. The molecule has 2 heterocycles. The summed E-state index contributed by atoms with van der Waals surface area (Å²) in [6.45, 7) is 3.70. The molecule has 2 aromatic carbocycles. The van der Waals surface area contributed by atoms with Crippen molar-refractivity contribution in [2.75, 3.05) is 5.32 Å². The standard InChI is InChI=1S/C21H17N3O4S/c1-12-16-8-3-4-9-17(16)28-19(12)20(25)23-21-22-13(2)18(29-21)11-14-6-5-7-15(10-14)24(26)27/h3-10H,11H2,1-2H3,(H,22,23,25). The molecular formula is C21H17N3O4S. The molecule has 29 heavy (non-hydrogen) atoms. The van der Waals surface area contributed by atoms with Gasteiger partial charge in [0.2, 0.25) is 0 Å². The van der Waals surface area contributed by atoms with E-state index >= 15 is 0 Å². The van der Waals surface area contributed by atoms with Crippen molar-refractivity contribution in [3.63, 3.8) is 0 Å². The zero-order chi connectivity index (χ0) is 20.5. The van der Waals surface area contributed by atoms with Crippen LogP contribution in [0.5, 0.6) is 0 Å². The lowest BCUT2D eigenvalue weighted by Crippen LogP contribution is -2.11. The number of non-ortho nitro benzene ring substituents is 1. The lowest BCUT2D eigenvalue weighted by atomic mass is 10.1. The molecular weight excluding hydrogens is 390 g/mol. The van der Waals surface area contributed by atoms with Gasteiger partial charge in [-0.25, -0.2) is 4.98 Å². The van der Waals surface area contributed by atoms with Gasteiger partial charge in [0.25, 0.3) is 11.6 Å². The third-order valence-electron chi connectivity index (χ3n) is 4.65. The topological polar surface area (TPSA) is 98.3 Å². The number of nitrogens with one attached hydrogen (secondary N) is 1. The van der Waals surface area contributed by atoms with Crippen LogP contribution >= 0.6 is 11.3 Å². The van der Waals surface area contributed by atoms with Gasteiger partial charge in [0.1, 0.15) is 5.58 Å². The van der Waals surface area contributed by atoms with Crippen LogP contribution < -0.4 is 5.32 Å². The highest BCUT2D eigenvalue weighted by molar-refractivity contribution is 7.15. The number of thiazole rings is 1. The van der Waals surface area contributed by atoms with E-state index in [2.05, 4.69) is 10.3 Å². The molecule has 0 saturated carbocycles. The summed E-state index contributed by atoms with van der Waals surface area (Å²) in [4.78, 5) is 28.6. The number of fused-ring (bicyclic) bond motifs is 1. The fourth-order valence-electron chi connectivity index (χ4n) is 3.16. The average molecular weight is 407 g/mol. The van der Waals surface area contributed by atoms with Crippen LogP contribution in [-0.2, 0) is 6.42 Å². The second-order valence-electron chi connectivity index (χ2n) is 6.64. The third kappa shape index (κ3) is 3.74. The lowest BCUT2D eigenvalue weighted by molar-refractivity contribution is -0.384. The number of benzene rings is 2. The van der Waals surface area contributed by atoms with Crippen molar-refractivity contribution in [3.8, 4) is 0 Å². The number of aryl methyl sites for hydroxylation is 2. The maximum atomic E-state index is 12.7. The van der Waals surface area contributed by atoms with Gasteiger partial charge < -0.3 is 4.42 Å². The van der Waals surface area contributed by atoms with Crippen molar-refractivity contribution in [1.29, 1.82) is 0 Å². The first kappa shape index (κ1) is 18.8. The van der Waals surface area contributed by atoms with Gasteiger partial charge >= 0.3 is 0 Å². The van der Waals surface area contributed by atoms with E-state index in [9.17, 15) is 14.9 Å². The summed E-state index contributed by atoms with van der Waals surface area (Å²) >= 11 is 1.35. The number of anilines is 1. The average Bonchev–Trinajstić information content (AvgIpc) is 3.22. The van der Waals surface area contributed by atoms with Crippen LogP contribution in [0, 0.1) is 24.0 Å². The molecule has 0 aliphatic heterocycles. The molecule has 0 aliphatic carbocycles. The first-order valence-corrected chi connectivity index (χ1v) is 9.73.